The maximum absolute atomic E-state index is 4.46. The van der Waals surface area contributed by atoms with E-state index in [1.54, 1.807) is 0 Å². The van der Waals surface area contributed by atoms with Crippen LogP contribution in [0.15, 0.2) is 18.3 Å². The molecule has 1 fully saturated rings. The van der Waals surface area contributed by atoms with Gasteiger partial charge in [0.25, 0.3) is 0 Å². The number of aromatic nitrogens is 1. The summed E-state index contributed by atoms with van der Waals surface area (Å²) in [5, 5.41) is 3.70. The second-order valence-corrected chi connectivity index (χ2v) is 6.32. The van der Waals surface area contributed by atoms with Gasteiger partial charge in [-0.3, -0.25) is 4.98 Å². The molecule has 20 heavy (non-hydrogen) atoms. The van der Waals surface area contributed by atoms with Crippen LogP contribution in [-0.4, -0.2) is 11.5 Å². The van der Waals surface area contributed by atoms with E-state index in [1.165, 1.54) is 56.9 Å². The molecule has 0 amide bonds. The van der Waals surface area contributed by atoms with Crippen molar-refractivity contribution in [2.45, 2.75) is 71.3 Å². The van der Waals surface area contributed by atoms with Gasteiger partial charge in [0.1, 0.15) is 0 Å². The predicted molar refractivity (Wildman–Crippen MR) is 85.8 cm³/mol. The van der Waals surface area contributed by atoms with Gasteiger partial charge in [-0.1, -0.05) is 45.1 Å². The second kappa shape index (κ2) is 8.41. The van der Waals surface area contributed by atoms with Gasteiger partial charge < -0.3 is 5.32 Å². The van der Waals surface area contributed by atoms with Crippen molar-refractivity contribution in [2.75, 3.05) is 6.54 Å². The fourth-order valence-electron chi connectivity index (χ4n) is 3.27. The Hall–Kier alpha value is -0.890. The van der Waals surface area contributed by atoms with Crippen LogP contribution in [0.5, 0.6) is 0 Å². The number of nitrogens with one attached hydrogen (secondary N) is 1. The Labute approximate surface area is 124 Å². The third-order valence-corrected chi connectivity index (χ3v) is 4.57. The fourth-order valence-corrected chi connectivity index (χ4v) is 3.27. The van der Waals surface area contributed by atoms with Gasteiger partial charge in [0.05, 0.1) is 0 Å². The molecule has 2 heteroatoms. The van der Waals surface area contributed by atoms with Crippen LogP contribution >= 0.6 is 0 Å². The summed E-state index contributed by atoms with van der Waals surface area (Å²) in [5.41, 5.74) is 2.47. The highest BCUT2D eigenvalue weighted by Gasteiger charge is 2.17. The van der Waals surface area contributed by atoms with Gasteiger partial charge in [0.15, 0.2) is 0 Å². The summed E-state index contributed by atoms with van der Waals surface area (Å²) in [7, 11) is 0. The first-order valence-corrected chi connectivity index (χ1v) is 8.45. The van der Waals surface area contributed by atoms with Gasteiger partial charge in [-0.2, -0.15) is 0 Å². The fraction of sp³-hybridized carbons (Fsp3) is 0.722. The third-order valence-electron chi connectivity index (χ3n) is 4.57. The Morgan fingerprint density at radius 2 is 2.05 bits per heavy atom. The van der Waals surface area contributed by atoms with Crippen LogP contribution in [-0.2, 0) is 0 Å². The summed E-state index contributed by atoms with van der Waals surface area (Å²) in [6, 6.07) is 4.87. The molecule has 1 N–H and O–H groups in total. The second-order valence-electron chi connectivity index (χ2n) is 6.32. The Kier molecular flexibility index (Phi) is 6.52. The maximum atomic E-state index is 4.46. The van der Waals surface area contributed by atoms with Crippen molar-refractivity contribution in [2.24, 2.45) is 5.92 Å². The van der Waals surface area contributed by atoms with E-state index in [4.69, 9.17) is 0 Å². The molecular formula is C18H30N2. The monoisotopic (exact) mass is 274 g/mol. The van der Waals surface area contributed by atoms with Crippen LogP contribution in [0.25, 0.3) is 0 Å². The van der Waals surface area contributed by atoms with Crippen LogP contribution in [0.4, 0.5) is 0 Å². The lowest BCUT2D eigenvalue weighted by molar-refractivity contribution is 0.314. The Morgan fingerprint density at radius 3 is 2.70 bits per heavy atom. The minimum atomic E-state index is 0.491. The first-order valence-electron chi connectivity index (χ1n) is 8.45. The molecule has 1 aromatic heterocycles. The molecule has 1 saturated carbocycles. The van der Waals surface area contributed by atoms with E-state index in [0.29, 0.717) is 6.04 Å². The molecule has 1 aliphatic rings. The first-order chi connectivity index (χ1) is 9.79. The van der Waals surface area contributed by atoms with Crippen LogP contribution < -0.4 is 5.32 Å². The van der Waals surface area contributed by atoms with Crippen LogP contribution in [0.1, 0.15) is 75.6 Å². The lowest BCUT2D eigenvalue weighted by Gasteiger charge is -2.25. The molecule has 0 spiro atoms. The molecule has 1 aromatic rings. The molecule has 1 heterocycles. The molecule has 0 aromatic carbocycles. The molecular weight excluding hydrogens is 244 g/mol. The standard InChI is InChI=1S/C18H30N2/c1-3-13-19-18(17-11-9-15(2)20-14-17)12-10-16-7-5-4-6-8-16/h9,11,14,16,18-19H,3-8,10,12-13H2,1-2H3. The Bertz CT molecular complexity index is 366. The highest BCUT2D eigenvalue weighted by molar-refractivity contribution is 5.17. The highest BCUT2D eigenvalue weighted by atomic mass is 14.9. The summed E-state index contributed by atoms with van der Waals surface area (Å²) in [6.45, 7) is 5.39. The highest BCUT2D eigenvalue weighted by Crippen LogP contribution is 2.30. The van der Waals surface area contributed by atoms with E-state index in [9.17, 15) is 0 Å². The van der Waals surface area contributed by atoms with Crippen LogP contribution in [0, 0.1) is 12.8 Å². The minimum absolute atomic E-state index is 0.491. The molecule has 1 aliphatic carbocycles. The van der Waals surface area contributed by atoms with Crippen LogP contribution in [0.2, 0.25) is 0 Å². The molecule has 0 bridgehead atoms. The van der Waals surface area contributed by atoms with Gasteiger partial charge in [-0.25, -0.2) is 0 Å². The number of hydrogen-bond acceptors (Lipinski definition) is 2. The first kappa shape index (κ1) is 15.5. The summed E-state index contributed by atoms with van der Waals surface area (Å²) >= 11 is 0. The van der Waals surface area contributed by atoms with Gasteiger partial charge in [-0.05, 0) is 50.3 Å². The lowest BCUT2D eigenvalue weighted by atomic mass is 9.84. The van der Waals surface area contributed by atoms with Gasteiger partial charge in [0.2, 0.25) is 0 Å². The van der Waals surface area contributed by atoms with Gasteiger partial charge in [0, 0.05) is 17.9 Å². The van der Waals surface area contributed by atoms with E-state index >= 15 is 0 Å². The smallest absolute Gasteiger partial charge is 0.0372 e. The average molecular weight is 274 g/mol. The van der Waals surface area contributed by atoms with E-state index in [2.05, 4.69) is 42.5 Å². The molecule has 1 atom stereocenters. The van der Waals surface area contributed by atoms with Gasteiger partial charge in [-0.15, -0.1) is 0 Å². The van der Waals surface area contributed by atoms with Crippen molar-refractivity contribution in [3.05, 3.63) is 29.6 Å². The molecule has 0 radical (unpaired) electrons. The third kappa shape index (κ3) is 4.90. The van der Waals surface area contributed by atoms with Gasteiger partial charge >= 0.3 is 0 Å². The van der Waals surface area contributed by atoms with E-state index in [-0.39, 0.29) is 0 Å². The van der Waals surface area contributed by atoms with Crippen LogP contribution in [0.3, 0.4) is 0 Å². The van der Waals surface area contributed by atoms with E-state index in [1.807, 2.05) is 0 Å². The Balaban J connectivity index is 1.90. The minimum Gasteiger partial charge on any atom is -0.310 e. The van der Waals surface area contributed by atoms with Crippen molar-refractivity contribution < 1.29 is 0 Å². The zero-order chi connectivity index (χ0) is 14.2. The maximum Gasteiger partial charge on any atom is 0.0372 e. The predicted octanol–water partition coefficient (Wildman–Crippen LogP) is 4.79. The molecule has 2 rings (SSSR count). The molecule has 2 nitrogen and oxygen atoms in total. The molecule has 1 unspecified atom stereocenters. The Morgan fingerprint density at radius 1 is 1.25 bits per heavy atom. The lowest BCUT2D eigenvalue weighted by Crippen LogP contribution is -2.23. The number of pyridine rings is 1. The summed E-state index contributed by atoms with van der Waals surface area (Å²) in [5.74, 6) is 0.966. The van der Waals surface area contributed by atoms with Crippen molar-refractivity contribution in [3.8, 4) is 0 Å². The SMILES string of the molecule is CCCNC(CCC1CCCCC1)c1ccc(C)nc1. The zero-order valence-corrected chi connectivity index (χ0v) is 13.2. The number of rotatable bonds is 7. The van der Waals surface area contributed by atoms with Crippen molar-refractivity contribution in [1.29, 1.82) is 0 Å². The number of nitrogens with zero attached hydrogens (tertiary/aromatic N) is 1. The molecule has 112 valence electrons. The van der Waals surface area contributed by atoms with E-state index in [0.717, 1.165) is 18.2 Å². The normalized spacial score (nSPS) is 18.1. The largest absolute Gasteiger partial charge is 0.310 e. The summed E-state index contributed by atoms with van der Waals surface area (Å²) in [4.78, 5) is 4.46. The number of aryl methyl sites for hydroxylation is 1. The molecule has 0 aliphatic heterocycles. The summed E-state index contributed by atoms with van der Waals surface area (Å²) in [6.07, 6.45) is 13.1. The summed E-state index contributed by atoms with van der Waals surface area (Å²) < 4.78 is 0. The zero-order valence-electron chi connectivity index (χ0n) is 13.2. The van der Waals surface area contributed by atoms with Crippen molar-refractivity contribution in [3.63, 3.8) is 0 Å². The van der Waals surface area contributed by atoms with E-state index < -0.39 is 0 Å². The van der Waals surface area contributed by atoms with Crippen molar-refractivity contribution in [1.82, 2.24) is 10.3 Å². The number of hydrogen-bond donors (Lipinski definition) is 1. The topological polar surface area (TPSA) is 24.9 Å². The molecule has 0 saturated heterocycles. The quantitative estimate of drug-likeness (QED) is 0.773. The average Bonchev–Trinajstić information content (AvgIpc) is 2.50. The van der Waals surface area contributed by atoms with Crippen molar-refractivity contribution >= 4 is 0 Å².